The lowest BCUT2D eigenvalue weighted by molar-refractivity contribution is 0.405. The normalized spacial score (nSPS) is 7.75. The maximum Gasteiger partial charge on any atom is 0.692 e. The van der Waals surface area contributed by atoms with Gasteiger partial charge in [-0.3, -0.25) is 0 Å². The van der Waals surface area contributed by atoms with Gasteiger partial charge in [0.2, 0.25) is 0 Å². The number of hydrogen-bond acceptors (Lipinski definition) is 4. The quantitative estimate of drug-likeness (QED) is 0.192. The number of rotatable bonds is 0. The second kappa shape index (κ2) is 6.90. The Hall–Kier alpha value is -0.100. The van der Waals surface area contributed by atoms with Crippen molar-refractivity contribution >= 4 is 8.25 Å². The fraction of sp³-hybridized carbons (Fsp3) is 1.00. The second-order valence-corrected chi connectivity index (χ2v) is 1.34. The second-order valence-electron chi connectivity index (χ2n) is 0.830. The fourth-order valence-corrected chi connectivity index (χ4v) is 0. The zero-order valence-electron chi connectivity index (χ0n) is 4.06. The lowest BCUT2D eigenvalue weighted by atomic mass is 11.0. The van der Waals surface area contributed by atoms with E-state index in [1.165, 1.54) is 0 Å². The summed E-state index contributed by atoms with van der Waals surface area (Å²) in [5, 5.41) is 0. The van der Waals surface area contributed by atoms with Crippen LogP contribution in [0, 0.1) is 0 Å². The zero-order chi connectivity index (χ0) is 7.15. The summed E-state index contributed by atoms with van der Waals surface area (Å²) in [6.45, 7) is 0. The van der Waals surface area contributed by atoms with Crippen LogP contribution in [0.2, 0.25) is 0 Å². The molecule has 0 heterocycles. The third-order valence-electron chi connectivity index (χ3n) is 0. The van der Waals surface area contributed by atoms with Crippen molar-refractivity contribution in [3.63, 3.8) is 0 Å². The van der Waals surface area contributed by atoms with Crippen LogP contribution in [0.15, 0.2) is 0 Å². The Morgan fingerprint density at radius 1 is 1.25 bits per heavy atom. The summed E-state index contributed by atoms with van der Waals surface area (Å²) >= 11 is 0. The Kier molecular flexibility index (Phi) is 9.32. The molecule has 0 saturated heterocycles. The Labute approximate surface area is 47.2 Å². The Bertz CT molecular complexity index is 58.8. The molecule has 7 heteroatoms. The predicted molar refractivity (Wildman–Crippen MR) is 28.4 cm³/mol. The lowest BCUT2D eigenvalue weighted by Crippen LogP contribution is -2.39. The van der Waals surface area contributed by atoms with Gasteiger partial charge in [0.1, 0.15) is 6.29 Å². The van der Waals surface area contributed by atoms with E-state index in [0.717, 1.165) is 0 Å². The van der Waals surface area contributed by atoms with E-state index in [9.17, 15) is 0 Å². The van der Waals surface area contributed by atoms with Crippen LogP contribution in [0.4, 0.5) is 0 Å². The predicted octanol–water partition coefficient (Wildman–Crippen LogP) is -2.23. The van der Waals surface area contributed by atoms with E-state index in [2.05, 4.69) is 17.2 Å². The van der Waals surface area contributed by atoms with Crippen molar-refractivity contribution in [2.45, 2.75) is 6.29 Å². The molecule has 0 aromatic carbocycles. The van der Waals surface area contributed by atoms with Crippen LogP contribution < -0.4 is 17.2 Å². The van der Waals surface area contributed by atoms with E-state index in [4.69, 9.17) is 14.4 Å². The highest BCUT2D eigenvalue weighted by Gasteiger charge is 1.93. The Balaban J connectivity index is 0. The maximum absolute atomic E-state index is 8.70. The number of hydrogen-bond donors (Lipinski definition) is 5. The third kappa shape index (κ3) is 14200. The van der Waals surface area contributed by atoms with E-state index < -0.39 is 14.5 Å². The lowest BCUT2D eigenvalue weighted by Gasteiger charge is -1.84. The van der Waals surface area contributed by atoms with Crippen molar-refractivity contribution in [2.24, 2.45) is 17.2 Å². The summed E-state index contributed by atoms with van der Waals surface area (Å²) in [6, 6.07) is 0. The molecule has 0 fully saturated rings. The maximum atomic E-state index is 8.70. The molecular formula is CH9N3O3P+. The van der Waals surface area contributed by atoms with Crippen molar-refractivity contribution in [3.05, 3.63) is 0 Å². The van der Waals surface area contributed by atoms with Crippen LogP contribution in [-0.2, 0) is 4.57 Å². The minimum Gasteiger partial charge on any atom is -0.304 e. The average molecular weight is 142 g/mol. The average Bonchev–Trinajstić information content (AvgIpc) is 1.25. The summed E-state index contributed by atoms with van der Waals surface area (Å²) in [6.07, 6.45) is -0.667. The first-order valence-electron chi connectivity index (χ1n) is 1.58. The van der Waals surface area contributed by atoms with E-state index in [1.807, 2.05) is 0 Å². The molecule has 0 amide bonds. The summed E-state index contributed by atoms with van der Waals surface area (Å²) in [4.78, 5) is 14.2. The Morgan fingerprint density at radius 3 is 1.25 bits per heavy atom. The Morgan fingerprint density at radius 2 is 1.25 bits per heavy atom. The minimum absolute atomic E-state index is 0.667. The molecule has 0 bridgehead atoms. The number of nitrogens with two attached hydrogens (primary N) is 3. The minimum atomic E-state index is -2.87. The molecule has 0 radical (unpaired) electrons. The van der Waals surface area contributed by atoms with Gasteiger partial charge in [0.15, 0.2) is 0 Å². The van der Waals surface area contributed by atoms with Crippen molar-refractivity contribution in [1.82, 2.24) is 0 Å². The molecule has 0 rings (SSSR count). The molecule has 8 heavy (non-hydrogen) atoms. The van der Waals surface area contributed by atoms with Crippen LogP contribution in [0.1, 0.15) is 0 Å². The van der Waals surface area contributed by atoms with Gasteiger partial charge in [0.05, 0.1) is 0 Å². The first-order valence-corrected chi connectivity index (χ1v) is 2.75. The van der Waals surface area contributed by atoms with Crippen LogP contribution in [0.5, 0.6) is 0 Å². The molecule has 8 N–H and O–H groups in total. The molecular weight excluding hydrogens is 133 g/mol. The van der Waals surface area contributed by atoms with Crippen LogP contribution in [0.3, 0.4) is 0 Å². The van der Waals surface area contributed by atoms with Crippen LogP contribution in [-0.4, -0.2) is 16.1 Å². The molecule has 0 aromatic rings. The highest BCUT2D eigenvalue weighted by Crippen LogP contribution is 1.98. The highest BCUT2D eigenvalue weighted by atomic mass is 31.1. The molecule has 0 spiro atoms. The summed E-state index contributed by atoms with van der Waals surface area (Å²) in [5.41, 5.74) is 14.0. The standard InChI is InChI=1S/CH7N3.HO3P/c2-1(3)4;1-4(2)3/h1H,2-4H2;(H-,1,2,3)/p+1. The van der Waals surface area contributed by atoms with Gasteiger partial charge < -0.3 is 17.2 Å². The van der Waals surface area contributed by atoms with Gasteiger partial charge in [-0.05, 0) is 0 Å². The van der Waals surface area contributed by atoms with E-state index >= 15 is 0 Å². The fourth-order valence-electron chi connectivity index (χ4n) is 0. The van der Waals surface area contributed by atoms with Crippen LogP contribution in [0.25, 0.3) is 0 Å². The first kappa shape index (κ1) is 10.8. The molecule has 6 nitrogen and oxygen atoms in total. The van der Waals surface area contributed by atoms with E-state index in [1.54, 1.807) is 0 Å². The third-order valence-corrected chi connectivity index (χ3v) is 0. The van der Waals surface area contributed by atoms with Gasteiger partial charge in [0.25, 0.3) is 0 Å². The van der Waals surface area contributed by atoms with Gasteiger partial charge in [-0.1, -0.05) is 0 Å². The van der Waals surface area contributed by atoms with Crippen molar-refractivity contribution in [2.75, 3.05) is 0 Å². The molecule has 50 valence electrons. The smallest absolute Gasteiger partial charge is 0.304 e. The molecule has 0 aliphatic heterocycles. The van der Waals surface area contributed by atoms with Crippen molar-refractivity contribution in [3.8, 4) is 0 Å². The van der Waals surface area contributed by atoms with Gasteiger partial charge in [-0.25, -0.2) is 0 Å². The molecule has 0 aliphatic carbocycles. The SMILES string of the molecule is NC(N)N.O=[P+](O)O. The van der Waals surface area contributed by atoms with Gasteiger partial charge >= 0.3 is 8.25 Å². The monoisotopic (exact) mass is 142 g/mol. The van der Waals surface area contributed by atoms with Crippen LogP contribution >= 0.6 is 8.25 Å². The largest absolute Gasteiger partial charge is 0.692 e. The van der Waals surface area contributed by atoms with Crippen molar-refractivity contribution in [1.29, 1.82) is 0 Å². The van der Waals surface area contributed by atoms with Gasteiger partial charge in [-0.15, -0.1) is 9.79 Å². The molecule has 0 unspecified atom stereocenters. The van der Waals surface area contributed by atoms with E-state index in [0.29, 0.717) is 0 Å². The molecule has 0 saturated carbocycles. The molecule has 0 aliphatic rings. The highest BCUT2D eigenvalue weighted by molar-refractivity contribution is 7.30. The summed E-state index contributed by atoms with van der Waals surface area (Å²) in [5.74, 6) is 0. The summed E-state index contributed by atoms with van der Waals surface area (Å²) < 4.78 is 8.70. The molecule has 0 atom stereocenters. The topological polar surface area (TPSA) is 136 Å². The van der Waals surface area contributed by atoms with E-state index in [-0.39, 0.29) is 0 Å². The van der Waals surface area contributed by atoms with Crippen molar-refractivity contribution < 1.29 is 14.4 Å². The van der Waals surface area contributed by atoms with Gasteiger partial charge in [0, 0.05) is 4.57 Å². The summed E-state index contributed by atoms with van der Waals surface area (Å²) in [7, 11) is -2.87. The molecule has 0 aromatic heterocycles. The van der Waals surface area contributed by atoms with Gasteiger partial charge in [-0.2, -0.15) is 0 Å². The first-order chi connectivity index (χ1) is 3.46. The zero-order valence-corrected chi connectivity index (χ0v) is 4.95.